The van der Waals surface area contributed by atoms with Crippen LogP contribution in [0, 0.1) is 6.92 Å². The number of nitrogens with zero attached hydrogens (tertiary/aromatic N) is 4. The van der Waals surface area contributed by atoms with Gasteiger partial charge in [0.05, 0.1) is 5.69 Å². The van der Waals surface area contributed by atoms with Gasteiger partial charge in [-0.1, -0.05) is 0 Å². The summed E-state index contributed by atoms with van der Waals surface area (Å²) in [6, 6.07) is 10.1. The second-order valence-electron chi connectivity index (χ2n) is 4.54. The Morgan fingerprint density at radius 3 is 2.65 bits per heavy atom. The van der Waals surface area contributed by atoms with Crippen LogP contribution in [0.4, 0.5) is 5.69 Å². The molecule has 3 aromatic rings. The van der Waals surface area contributed by atoms with Crippen LogP contribution in [0.2, 0.25) is 0 Å². The van der Waals surface area contributed by atoms with Crippen molar-refractivity contribution in [2.24, 2.45) is 0 Å². The number of aryl methyl sites for hydroxylation is 1. The maximum atomic E-state index is 4.15. The van der Waals surface area contributed by atoms with Crippen molar-refractivity contribution in [1.82, 2.24) is 19.7 Å². The van der Waals surface area contributed by atoms with E-state index in [4.69, 9.17) is 0 Å². The Labute approximate surface area is 117 Å². The first-order valence-electron chi connectivity index (χ1n) is 6.41. The van der Waals surface area contributed by atoms with E-state index in [-0.39, 0.29) is 0 Å². The lowest BCUT2D eigenvalue weighted by atomic mass is 10.1. The van der Waals surface area contributed by atoms with Crippen molar-refractivity contribution in [1.29, 1.82) is 0 Å². The van der Waals surface area contributed by atoms with E-state index in [1.807, 2.05) is 42.7 Å². The smallest absolute Gasteiger partial charge is 0.138 e. The molecule has 20 heavy (non-hydrogen) atoms. The average Bonchev–Trinajstić information content (AvgIpc) is 3.01. The van der Waals surface area contributed by atoms with Crippen LogP contribution in [0.5, 0.6) is 0 Å². The molecule has 0 aliphatic carbocycles. The lowest BCUT2D eigenvalue weighted by Gasteiger charge is -2.09. The van der Waals surface area contributed by atoms with E-state index in [0.29, 0.717) is 0 Å². The summed E-state index contributed by atoms with van der Waals surface area (Å²) >= 11 is 0. The molecule has 1 aromatic carbocycles. The Morgan fingerprint density at radius 2 is 1.95 bits per heavy atom. The van der Waals surface area contributed by atoms with Crippen LogP contribution in [-0.4, -0.2) is 19.7 Å². The summed E-state index contributed by atoms with van der Waals surface area (Å²) in [5, 5.41) is 7.49. The van der Waals surface area contributed by atoms with Gasteiger partial charge in [-0.2, -0.15) is 5.10 Å². The first-order chi connectivity index (χ1) is 9.83. The number of rotatable bonds is 4. The monoisotopic (exact) mass is 265 g/mol. The number of aromatic nitrogens is 4. The summed E-state index contributed by atoms with van der Waals surface area (Å²) in [7, 11) is 0. The fourth-order valence-electron chi connectivity index (χ4n) is 1.95. The molecule has 0 atom stereocenters. The summed E-state index contributed by atoms with van der Waals surface area (Å²) in [5.41, 5.74) is 4.50. The molecule has 0 fully saturated rings. The Balaban J connectivity index is 1.68. The Hall–Kier alpha value is -2.69. The van der Waals surface area contributed by atoms with Gasteiger partial charge in [0.15, 0.2) is 0 Å². The molecular weight excluding hydrogens is 250 g/mol. The van der Waals surface area contributed by atoms with Gasteiger partial charge in [0.25, 0.3) is 0 Å². The van der Waals surface area contributed by atoms with Crippen molar-refractivity contribution in [2.45, 2.75) is 13.5 Å². The third kappa shape index (κ3) is 2.66. The highest BCUT2D eigenvalue weighted by molar-refractivity contribution is 5.48. The molecule has 5 heteroatoms. The van der Waals surface area contributed by atoms with Crippen molar-refractivity contribution in [2.75, 3.05) is 5.32 Å². The number of nitrogens with one attached hydrogen (secondary N) is 1. The van der Waals surface area contributed by atoms with Gasteiger partial charge in [-0.05, 0) is 48.4 Å². The number of benzene rings is 1. The zero-order chi connectivity index (χ0) is 13.8. The predicted octanol–water partition coefficient (Wildman–Crippen LogP) is 2.58. The second-order valence-corrected chi connectivity index (χ2v) is 4.54. The molecule has 0 radical (unpaired) electrons. The zero-order valence-electron chi connectivity index (χ0n) is 11.2. The molecule has 5 nitrogen and oxygen atoms in total. The number of hydrogen-bond donors (Lipinski definition) is 1. The van der Waals surface area contributed by atoms with Crippen LogP contribution in [-0.2, 0) is 6.54 Å². The highest BCUT2D eigenvalue weighted by Crippen LogP contribution is 2.14. The van der Waals surface area contributed by atoms with E-state index in [2.05, 4.69) is 27.3 Å². The first kappa shape index (κ1) is 12.3. The molecule has 3 rings (SSSR count). The summed E-state index contributed by atoms with van der Waals surface area (Å²) < 4.78 is 1.73. The third-order valence-corrected chi connectivity index (χ3v) is 3.18. The van der Waals surface area contributed by atoms with Crippen molar-refractivity contribution in [3.8, 4) is 5.69 Å². The molecule has 0 aliphatic rings. The molecule has 100 valence electrons. The van der Waals surface area contributed by atoms with Gasteiger partial charge in [0, 0.05) is 24.6 Å². The van der Waals surface area contributed by atoms with Gasteiger partial charge in [0.2, 0.25) is 0 Å². The highest BCUT2D eigenvalue weighted by atomic mass is 15.3. The van der Waals surface area contributed by atoms with Crippen LogP contribution in [0.15, 0.2) is 55.4 Å². The van der Waals surface area contributed by atoms with Crippen LogP contribution in [0.3, 0.4) is 0 Å². The van der Waals surface area contributed by atoms with Gasteiger partial charge in [-0.25, -0.2) is 9.67 Å². The van der Waals surface area contributed by atoms with Crippen LogP contribution in [0.1, 0.15) is 11.1 Å². The molecule has 0 amide bonds. The minimum Gasteiger partial charge on any atom is -0.381 e. The van der Waals surface area contributed by atoms with E-state index < -0.39 is 0 Å². The van der Waals surface area contributed by atoms with E-state index in [0.717, 1.165) is 17.9 Å². The third-order valence-electron chi connectivity index (χ3n) is 3.18. The van der Waals surface area contributed by atoms with Crippen LogP contribution >= 0.6 is 0 Å². The van der Waals surface area contributed by atoms with Crippen LogP contribution < -0.4 is 5.32 Å². The van der Waals surface area contributed by atoms with Crippen LogP contribution in [0.25, 0.3) is 5.69 Å². The van der Waals surface area contributed by atoms with E-state index in [1.54, 1.807) is 11.0 Å². The van der Waals surface area contributed by atoms with Gasteiger partial charge in [-0.15, -0.1) is 0 Å². The molecule has 2 heterocycles. The zero-order valence-corrected chi connectivity index (χ0v) is 11.2. The lowest BCUT2D eigenvalue weighted by Crippen LogP contribution is -2.02. The van der Waals surface area contributed by atoms with Gasteiger partial charge in [-0.3, -0.25) is 4.98 Å². The van der Waals surface area contributed by atoms with E-state index >= 15 is 0 Å². The van der Waals surface area contributed by atoms with E-state index in [9.17, 15) is 0 Å². The number of pyridine rings is 1. The fourth-order valence-corrected chi connectivity index (χ4v) is 1.95. The largest absolute Gasteiger partial charge is 0.381 e. The topological polar surface area (TPSA) is 55.6 Å². The summed E-state index contributed by atoms with van der Waals surface area (Å²) in [6.45, 7) is 2.86. The molecule has 0 bridgehead atoms. The highest BCUT2D eigenvalue weighted by Gasteiger charge is 1.99. The molecule has 0 spiro atoms. The normalized spacial score (nSPS) is 10.4. The minimum atomic E-state index is 0.766. The van der Waals surface area contributed by atoms with Crippen molar-refractivity contribution < 1.29 is 0 Å². The lowest BCUT2D eigenvalue weighted by molar-refractivity contribution is 0.879. The fraction of sp³-hybridized carbons (Fsp3) is 0.133. The maximum Gasteiger partial charge on any atom is 0.138 e. The molecule has 0 saturated carbocycles. The Morgan fingerprint density at radius 1 is 1.10 bits per heavy atom. The van der Waals surface area contributed by atoms with Gasteiger partial charge in [0.1, 0.15) is 12.7 Å². The minimum absolute atomic E-state index is 0.766. The molecule has 0 saturated heterocycles. The number of hydrogen-bond acceptors (Lipinski definition) is 4. The first-order valence-corrected chi connectivity index (χ1v) is 6.41. The van der Waals surface area contributed by atoms with Crippen molar-refractivity contribution in [3.63, 3.8) is 0 Å². The second kappa shape index (κ2) is 5.52. The predicted molar refractivity (Wildman–Crippen MR) is 77.7 cm³/mol. The summed E-state index contributed by atoms with van der Waals surface area (Å²) in [5.74, 6) is 0. The average molecular weight is 265 g/mol. The maximum absolute atomic E-state index is 4.15. The SMILES string of the molecule is Cc1ccncc1CNc1ccc(-n2cncn2)cc1. The van der Waals surface area contributed by atoms with Gasteiger partial charge >= 0.3 is 0 Å². The Bertz CT molecular complexity index is 674. The molecule has 0 aliphatic heterocycles. The molecular formula is C15H15N5. The molecule has 2 aromatic heterocycles. The number of anilines is 1. The van der Waals surface area contributed by atoms with E-state index in [1.165, 1.54) is 17.5 Å². The van der Waals surface area contributed by atoms with Gasteiger partial charge < -0.3 is 5.32 Å². The van der Waals surface area contributed by atoms with Crippen molar-refractivity contribution in [3.05, 3.63) is 66.5 Å². The van der Waals surface area contributed by atoms with Crippen molar-refractivity contribution >= 4 is 5.69 Å². The quantitative estimate of drug-likeness (QED) is 0.787. The Kier molecular flexibility index (Phi) is 3.41. The summed E-state index contributed by atoms with van der Waals surface area (Å²) in [4.78, 5) is 8.08. The molecule has 0 unspecified atom stereocenters. The standard InChI is InChI=1S/C15H15N5/c1-12-6-7-16-8-13(12)9-18-14-2-4-15(5-3-14)20-11-17-10-19-20/h2-8,10-11,18H,9H2,1H3. The summed E-state index contributed by atoms with van der Waals surface area (Å²) in [6.07, 6.45) is 6.91. The molecule has 1 N–H and O–H groups in total.